The molecular formula is C25H37ClN2O4. The van der Waals surface area contributed by atoms with Gasteiger partial charge in [-0.05, 0) is 68.0 Å². The van der Waals surface area contributed by atoms with E-state index >= 15 is 0 Å². The SMILES string of the molecule is CCCCOc1ccc(OCC(=O)N(CCN(CC)CC)c2ccc(OC)cc2)cc1.Cl. The third kappa shape index (κ3) is 8.97. The number of unbranched alkanes of at least 4 members (excludes halogenated alkanes) is 1. The highest BCUT2D eigenvalue weighted by molar-refractivity contribution is 5.94. The molecule has 7 heteroatoms. The molecular weight excluding hydrogens is 428 g/mol. The van der Waals surface area contributed by atoms with Gasteiger partial charge in [0.25, 0.3) is 5.91 Å². The van der Waals surface area contributed by atoms with E-state index in [2.05, 4.69) is 25.7 Å². The fraction of sp³-hybridized carbons (Fsp3) is 0.480. The van der Waals surface area contributed by atoms with E-state index < -0.39 is 0 Å². The summed E-state index contributed by atoms with van der Waals surface area (Å²) in [5.74, 6) is 2.14. The van der Waals surface area contributed by atoms with Crippen molar-refractivity contribution in [2.75, 3.05) is 51.4 Å². The Morgan fingerprint density at radius 2 is 1.38 bits per heavy atom. The van der Waals surface area contributed by atoms with Crippen LogP contribution in [0.2, 0.25) is 0 Å². The number of hydrogen-bond acceptors (Lipinski definition) is 5. The van der Waals surface area contributed by atoms with Gasteiger partial charge in [0, 0.05) is 18.8 Å². The van der Waals surface area contributed by atoms with Crippen LogP contribution in [0.4, 0.5) is 5.69 Å². The summed E-state index contributed by atoms with van der Waals surface area (Å²) in [4.78, 5) is 17.1. The molecule has 0 aliphatic heterocycles. The van der Waals surface area contributed by atoms with Gasteiger partial charge >= 0.3 is 0 Å². The van der Waals surface area contributed by atoms with Gasteiger partial charge in [0.2, 0.25) is 0 Å². The zero-order valence-corrected chi connectivity index (χ0v) is 20.5. The maximum atomic E-state index is 13.0. The minimum absolute atomic E-state index is 0. The highest BCUT2D eigenvalue weighted by Crippen LogP contribution is 2.21. The first-order valence-corrected chi connectivity index (χ1v) is 11.1. The van der Waals surface area contributed by atoms with Gasteiger partial charge in [-0.1, -0.05) is 27.2 Å². The highest BCUT2D eigenvalue weighted by atomic mass is 35.5. The van der Waals surface area contributed by atoms with E-state index in [-0.39, 0.29) is 24.9 Å². The Morgan fingerprint density at radius 3 is 1.91 bits per heavy atom. The van der Waals surface area contributed by atoms with Crippen molar-refractivity contribution in [3.63, 3.8) is 0 Å². The molecule has 2 aromatic rings. The van der Waals surface area contributed by atoms with Crippen molar-refractivity contribution in [1.82, 2.24) is 4.90 Å². The number of benzene rings is 2. The second-order valence-corrected chi connectivity index (χ2v) is 7.23. The van der Waals surface area contributed by atoms with Crippen LogP contribution in [0.3, 0.4) is 0 Å². The number of hydrogen-bond donors (Lipinski definition) is 0. The van der Waals surface area contributed by atoms with Crippen LogP contribution in [-0.4, -0.2) is 57.3 Å². The number of nitrogens with zero attached hydrogens (tertiary/aromatic N) is 2. The van der Waals surface area contributed by atoms with Crippen molar-refractivity contribution >= 4 is 24.0 Å². The van der Waals surface area contributed by atoms with Crippen LogP contribution in [-0.2, 0) is 4.79 Å². The lowest BCUT2D eigenvalue weighted by Crippen LogP contribution is -2.41. The third-order valence-electron chi connectivity index (χ3n) is 5.17. The highest BCUT2D eigenvalue weighted by Gasteiger charge is 2.17. The van der Waals surface area contributed by atoms with Crippen LogP contribution in [0, 0.1) is 0 Å². The summed E-state index contributed by atoms with van der Waals surface area (Å²) in [5, 5.41) is 0. The molecule has 0 aromatic heterocycles. The van der Waals surface area contributed by atoms with Gasteiger partial charge in [-0.15, -0.1) is 12.4 Å². The third-order valence-corrected chi connectivity index (χ3v) is 5.17. The molecule has 2 aromatic carbocycles. The summed E-state index contributed by atoms with van der Waals surface area (Å²) in [6, 6.07) is 15.0. The number of halogens is 1. The minimum atomic E-state index is -0.0828. The predicted molar refractivity (Wildman–Crippen MR) is 133 cm³/mol. The Hall–Kier alpha value is -2.44. The van der Waals surface area contributed by atoms with Crippen molar-refractivity contribution in [3.8, 4) is 17.2 Å². The summed E-state index contributed by atoms with van der Waals surface area (Å²) in [6.07, 6.45) is 2.13. The minimum Gasteiger partial charge on any atom is -0.497 e. The maximum absolute atomic E-state index is 13.0. The number of amides is 1. The fourth-order valence-corrected chi connectivity index (χ4v) is 3.13. The van der Waals surface area contributed by atoms with Gasteiger partial charge < -0.3 is 24.0 Å². The Labute approximate surface area is 198 Å². The molecule has 0 heterocycles. The molecule has 32 heavy (non-hydrogen) atoms. The van der Waals surface area contributed by atoms with E-state index in [0.717, 1.165) is 49.7 Å². The topological polar surface area (TPSA) is 51.2 Å². The Morgan fingerprint density at radius 1 is 0.812 bits per heavy atom. The molecule has 0 N–H and O–H groups in total. The maximum Gasteiger partial charge on any atom is 0.264 e. The van der Waals surface area contributed by atoms with E-state index in [1.807, 2.05) is 48.5 Å². The average molecular weight is 465 g/mol. The quantitative estimate of drug-likeness (QED) is 0.366. The van der Waals surface area contributed by atoms with Crippen molar-refractivity contribution in [2.45, 2.75) is 33.6 Å². The van der Waals surface area contributed by atoms with Crippen LogP contribution in [0.1, 0.15) is 33.6 Å². The average Bonchev–Trinajstić information content (AvgIpc) is 2.81. The zero-order valence-electron chi connectivity index (χ0n) is 19.7. The molecule has 0 unspecified atom stereocenters. The van der Waals surface area contributed by atoms with Crippen LogP contribution in [0.25, 0.3) is 0 Å². The molecule has 0 radical (unpaired) electrons. The molecule has 0 spiro atoms. The number of methoxy groups -OCH3 is 1. The summed E-state index contributed by atoms with van der Waals surface area (Å²) in [5.41, 5.74) is 0.834. The molecule has 0 bridgehead atoms. The molecule has 0 atom stereocenters. The second-order valence-electron chi connectivity index (χ2n) is 7.23. The Balaban J connectivity index is 0.00000512. The molecule has 2 rings (SSSR count). The van der Waals surface area contributed by atoms with Crippen LogP contribution in [0.5, 0.6) is 17.2 Å². The van der Waals surface area contributed by atoms with Gasteiger partial charge in [-0.2, -0.15) is 0 Å². The Bertz CT molecular complexity index is 765. The fourth-order valence-electron chi connectivity index (χ4n) is 3.13. The van der Waals surface area contributed by atoms with E-state index in [1.54, 1.807) is 12.0 Å². The van der Waals surface area contributed by atoms with Crippen molar-refractivity contribution in [1.29, 1.82) is 0 Å². The van der Waals surface area contributed by atoms with Gasteiger partial charge in [0.15, 0.2) is 6.61 Å². The summed E-state index contributed by atoms with van der Waals surface area (Å²) < 4.78 is 16.7. The lowest BCUT2D eigenvalue weighted by atomic mass is 10.2. The number of likely N-dealkylation sites (N-methyl/N-ethyl adjacent to an activating group) is 1. The first kappa shape index (κ1) is 27.6. The molecule has 178 valence electrons. The largest absolute Gasteiger partial charge is 0.497 e. The standard InChI is InChI=1S/C25H36N2O4.ClH/c1-5-8-19-30-23-13-15-24(16-14-23)31-20-25(28)27(18-17-26(6-2)7-3)21-9-11-22(29-4)12-10-21;/h9-16H,5-8,17-20H2,1-4H3;1H. The molecule has 0 saturated carbocycles. The lowest BCUT2D eigenvalue weighted by molar-refractivity contribution is -0.120. The number of anilines is 1. The molecule has 6 nitrogen and oxygen atoms in total. The van der Waals surface area contributed by atoms with Gasteiger partial charge in [0.05, 0.1) is 13.7 Å². The first-order valence-electron chi connectivity index (χ1n) is 11.1. The van der Waals surface area contributed by atoms with E-state index in [9.17, 15) is 4.79 Å². The molecule has 1 amide bonds. The molecule has 0 aliphatic carbocycles. The smallest absolute Gasteiger partial charge is 0.264 e. The van der Waals surface area contributed by atoms with Gasteiger partial charge in [0.1, 0.15) is 17.2 Å². The summed E-state index contributed by atoms with van der Waals surface area (Å²) in [7, 11) is 1.63. The molecule has 0 fully saturated rings. The molecule has 0 aliphatic rings. The predicted octanol–water partition coefficient (Wildman–Crippen LogP) is 5.05. The van der Waals surface area contributed by atoms with Crippen molar-refractivity contribution in [2.24, 2.45) is 0 Å². The van der Waals surface area contributed by atoms with Crippen molar-refractivity contribution in [3.05, 3.63) is 48.5 Å². The summed E-state index contributed by atoms with van der Waals surface area (Å²) >= 11 is 0. The van der Waals surface area contributed by atoms with Crippen LogP contribution < -0.4 is 19.1 Å². The van der Waals surface area contributed by atoms with Gasteiger partial charge in [-0.25, -0.2) is 0 Å². The monoisotopic (exact) mass is 464 g/mol. The lowest BCUT2D eigenvalue weighted by Gasteiger charge is -2.27. The normalized spacial score (nSPS) is 10.4. The van der Waals surface area contributed by atoms with Crippen LogP contribution >= 0.6 is 12.4 Å². The van der Waals surface area contributed by atoms with Crippen molar-refractivity contribution < 1.29 is 19.0 Å². The number of rotatable bonds is 14. The number of carbonyl (C=O) groups is 1. The second kappa shape index (κ2) is 15.4. The Kier molecular flexibility index (Phi) is 13.3. The van der Waals surface area contributed by atoms with E-state index in [4.69, 9.17) is 14.2 Å². The van der Waals surface area contributed by atoms with E-state index in [1.165, 1.54) is 0 Å². The van der Waals surface area contributed by atoms with Crippen LogP contribution in [0.15, 0.2) is 48.5 Å². The zero-order chi connectivity index (χ0) is 22.5. The summed E-state index contributed by atoms with van der Waals surface area (Å²) in [6.45, 7) is 10.4. The molecule has 0 saturated heterocycles. The van der Waals surface area contributed by atoms with Gasteiger partial charge in [-0.3, -0.25) is 4.79 Å². The number of ether oxygens (including phenoxy) is 3. The first-order chi connectivity index (χ1) is 15.1. The van der Waals surface area contributed by atoms with E-state index in [0.29, 0.717) is 18.9 Å². The number of carbonyl (C=O) groups excluding carboxylic acids is 1.